The first-order valence-corrected chi connectivity index (χ1v) is 4.55. The van der Waals surface area contributed by atoms with E-state index in [1.807, 2.05) is 6.92 Å². The summed E-state index contributed by atoms with van der Waals surface area (Å²) in [7, 11) is 0. The number of nitrogens with one attached hydrogen (secondary N) is 1. The molecular formula is C9H17NO3. The Morgan fingerprint density at radius 1 is 1.46 bits per heavy atom. The van der Waals surface area contributed by atoms with Crippen LogP contribution in [0.1, 0.15) is 33.1 Å². The molecule has 0 saturated carbocycles. The Hall–Kier alpha value is -1.06. The molecule has 0 aliphatic rings. The van der Waals surface area contributed by atoms with E-state index in [9.17, 15) is 9.59 Å². The molecular weight excluding hydrogens is 170 g/mol. The van der Waals surface area contributed by atoms with Crippen LogP contribution < -0.4 is 5.32 Å². The van der Waals surface area contributed by atoms with Crippen LogP contribution in [0.5, 0.6) is 0 Å². The summed E-state index contributed by atoms with van der Waals surface area (Å²) in [6.45, 7) is 3.64. The second-order valence-corrected chi connectivity index (χ2v) is 3.11. The third-order valence-corrected chi connectivity index (χ3v) is 1.85. The smallest absolute Gasteiger partial charge is 0.308 e. The van der Waals surface area contributed by atoms with Crippen LogP contribution in [0.25, 0.3) is 0 Å². The molecule has 76 valence electrons. The van der Waals surface area contributed by atoms with Gasteiger partial charge in [-0.2, -0.15) is 0 Å². The van der Waals surface area contributed by atoms with E-state index in [4.69, 9.17) is 5.11 Å². The Kier molecular flexibility index (Phi) is 5.93. The van der Waals surface area contributed by atoms with Gasteiger partial charge in [0.2, 0.25) is 5.91 Å². The van der Waals surface area contributed by atoms with E-state index in [0.717, 1.165) is 12.8 Å². The normalized spacial score (nSPS) is 12.2. The molecule has 0 heterocycles. The van der Waals surface area contributed by atoms with Crippen molar-refractivity contribution in [2.24, 2.45) is 5.92 Å². The fourth-order valence-corrected chi connectivity index (χ4v) is 1.03. The third kappa shape index (κ3) is 6.13. The number of hydrogen-bond donors (Lipinski definition) is 2. The first-order chi connectivity index (χ1) is 6.07. The van der Waals surface area contributed by atoms with E-state index >= 15 is 0 Å². The van der Waals surface area contributed by atoms with Crippen molar-refractivity contribution in [2.75, 3.05) is 6.54 Å². The molecule has 0 rings (SSSR count). The number of carboxylic acid groups (broad SMARTS) is 1. The highest BCUT2D eigenvalue weighted by Gasteiger charge is 2.16. The molecule has 4 heteroatoms. The Bertz CT molecular complexity index is 180. The van der Waals surface area contributed by atoms with Crippen LogP contribution in [0, 0.1) is 5.92 Å². The molecule has 4 nitrogen and oxygen atoms in total. The molecule has 0 fully saturated rings. The lowest BCUT2D eigenvalue weighted by atomic mass is 10.0. The average molecular weight is 187 g/mol. The summed E-state index contributed by atoms with van der Waals surface area (Å²) in [4.78, 5) is 21.2. The van der Waals surface area contributed by atoms with Gasteiger partial charge in [0, 0.05) is 13.5 Å². The molecule has 0 aromatic heterocycles. The van der Waals surface area contributed by atoms with Crippen molar-refractivity contribution in [3.63, 3.8) is 0 Å². The number of carbonyl (C=O) groups excluding carboxylic acids is 1. The van der Waals surface area contributed by atoms with Crippen molar-refractivity contribution in [1.82, 2.24) is 5.32 Å². The summed E-state index contributed by atoms with van der Waals surface area (Å²) in [5.41, 5.74) is 0. The van der Waals surface area contributed by atoms with Gasteiger partial charge in [0.25, 0.3) is 0 Å². The minimum absolute atomic E-state index is 0.178. The highest BCUT2D eigenvalue weighted by molar-refractivity contribution is 5.75. The van der Waals surface area contributed by atoms with Gasteiger partial charge in [-0.15, -0.1) is 0 Å². The van der Waals surface area contributed by atoms with E-state index in [1.165, 1.54) is 6.92 Å². The van der Waals surface area contributed by atoms with Crippen LogP contribution in [0.2, 0.25) is 0 Å². The van der Waals surface area contributed by atoms with Gasteiger partial charge in [-0.25, -0.2) is 0 Å². The third-order valence-electron chi connectivity index (χ3n) is 1.85. The van der Waals surface area contributed by atoms with Gasteiger partial charge in [0.05, 0.1) is 5.92 Å². The molecule has 0 spiro atoms. The van der Waals surface area contributed by atoms with Crippen molar-refractivity contribution in [1.29, 1.82) is 0 Å². The number of carboxylic acids is 1. The van der Waals surface area contributed by atoms with Gasteiger partial charge >= 0.3 is 5.97 Å². The minimum atomic E-state index is -0.831. The van der Waals surface area contributed by atoms with Crippen LogP contribution in [0.3, 0.4) is 0 Å². The molecule has 1 amide bonds. The van der Waals surface area contributed by atoms with Gasteiger partial charge in [-0.3, -0.25) is 9.59 Å². The number of rotatable bonds is 6. The maximum atomic E-state index is 10.7. The first kappa shape index (κ1) is 11.9. The van der Waals surface area contributed by atoms with Gasteiger partial charge in [0.1, 0.15) is 0 Å². The summed E-state index contributed by atoms with van der Waals surface area (Å²) in [6, 6.07) is 0. The van der Waals surface area contributed by atoms with E-state index in [2.05, 4.69) is 5.32 Å². The lowest BCUT2D eigenvalue weighted by Gasteiger charge is -2.11. The van der Waals surface area contributed by atoms with E-state index in [1.54, 1.807) is 0 Å². The standard InChI is InChI=1S/C9H17NO3/c1-3-4-5-8(9(12)13)6-10-7(2)11/h8H,3-6H2,1-2H3,(H,10,11)(H,12,13). The highest BCUT2D eigenvalue weighted by Crippen LogP contribution is 2.07. The number of aliphatic carboxylic acids is 1. The zero-order valence-electron chi connectivity index (χ0n) is 8.17. The number of carbonyl (C=O) groups is 2. The Morgan fingerprint density at radius 3 is 2.46 bits per heavy atom. The lowest BCUT2D eigenvalue weighted by Crippen LogP contribution is -2.31. The van der Waals surface area contributed by atoms with Crippen LogP contribution >= 0.6 is 0 Å². The predicted molar refractivity (Wildman–Crippen MR) is 49.3 cm³/mol. The number of hydrogen-bond acceptors (Lipinski definition) is 2. The monoisotopic (exact) mass is 187 g/mol. The van der Waals surface area contributed by atoms with Crippen LogP contribution in [-0.2, 0) is 9.59 Å². The van der Waals surface area contributed by atoms with Gasteiger partial charge in [0.15, 0.2) is 0 Å². The highest BCUT2D eigenvalue weighted by atomic mass is 16.4. The fourth-order valence-electron chi connectivity index (χ4n) is 1.03. The van der Waals surface area contributed by atoms with E-state index in [-0.39, 0.29) is 12.5 Å². The largest absolute Gasteiger partial charge is 0.481 e. The molecule has 1 unspecified atom stereocenters. The van der Waals surface area contributed by atoms with Gasteiger partial charge < -0.3 is 10.4 Å². The van der Waals surface area contributed by atoms with Crippen LogP contribution in [0.15, 0.2) is 0 Å². The lowest BCUT2D eigenvalue weighted by molar-refractivity contribution is -0.141. The fraction of sp³-hybridized carbons (Fsp3) is 0.778. The Balaban J connectivity index is 3.80. The van der Waals surface area contributed by atoms with E-state index in [0.29, 0.717) is 6.42 Å². The van der Waals surface area contributed by atoms with Crippen molar-refractivity contribution >= 4 is 11.9 Å². The van der Waals surface area contributed by atoms with Crippen molar-refractivity contribution in [2.45, 2.75) is 33.1 Å². The van der Waals surface area contributed by atoms with Crippen molar-refractivity contribution in [3.8, 4) is 0 Å². The summed E-state index contributed by atoms with van der Waals surface area (Å²) in [5.74, 6) is -1.45. The minimum Gasteiger partial charge on any atom is -0.481 e. The van der Waals surface area contributed by atoms with Crippen LogP contribution in [0.4, 0.5) is 0 Å². The molecule has 2 N–H and O–H groups in total. The Labute approximate surface area is 78.3 Å². The molecule has 0 aromatic rings. The summed E-state index contributed by atoms with van der Waals surface area (Å²) in [6.07, 6.45) is 2.49. The molecule has 0 saturated heterocycles. The average Bonchev–Trinajstić information content (AvgIpc) is 2.03. The zero-order valence-corrected chi connectivity index (χ0v) is 8.17. The van der Waals surface area contributed by atoms with E-state index < -0.39 is 11.9 Å². The van der Waals surface area contributed by atoms with Crippen molar-refractivity contribution in [3.05, 3.63) is 0 Å². The second-order valence-electron chi connectivity index (χ2n) is 3.11. The maximum absolute atomic E-state index is 10.7. The molecule has 0 aliphatic heterocycles. The molecule has 1 atom stereocenters. The summed E-state index contributed by atoms with van der Waals surface area (Å²) < 4.78 is 0. The molecule has 0 aliphatic carbocycles. The molecule has 0 bridgehead atoms. The van der Waals surface area contributed by atoms with Crippen molar-refractivity contribution < 1.29 is 14.7 Å². The predicted octanol–water partition coefficient (Wildman–Crippen LogP) is 1.01. The summed E-state index contributed by atoms with van der Waals surface area (Å²) in [5, 5.41) is 11.3. The molecule has 0 aromatic carbocycles. The van der Waals surface area contributed by atoms with Gasteiger partial charge in [-0.1, -0.05) is 19.8 Å². The first-order valence-electron chi connectivity index (χ1n) is 4.55. The number of unbranched alkanes of at least 4 members (excludes halogenated alkanes) is 1. The zero-order chi connectivity index (χ0) is 10.3. The quantitative estimate of drug-likeness (QED) is 0.652. The molecule has 0 radical (unpaired) electrons. The topological polar surface area (TPSA) is 66.4 Å². The summed E-state index contributed by atoms with van der Waals surface area (Å²) >= 11 is 0. The SMILES string of the molecule is CCCCC(CNC(C)=O)C(=O)O. The molecule has 13 heavy (non-hydrogen) atoms. The Morgan fingerprint density at radius 2 is 2.08 bits per heavy atom. The van der Waals surface area contributed by atoms with Crippen LogP contribution in [-0.4, -0.2) is 23.5 Å². The van der Waals surface area contributed by atoms with Gasteiger partial charge in [-0.05, 0) is 6.42 Å². The number of amides is 1. The maximum Gasteiger partial charge on any atom is 0.308 e. The second kappa shape index (κ2) is 6.46.